The van der Waals surface area contributed by atoms with Gasteiger partial charge in [0.15, 0.2) is 0 Å². The second-order valence-electron chi connectivity index (χ2n) is 4.44. The van der Waals surface area contributed by atoms with E-state index in [0.29, 0.717) is 6.04 Å². The second kappa shape index (κ2) is 10.8. The van der Waals surface area contributed by atoms with Crippen molar-refractivity contribution in [3.8, 4) is 0 Å². The largest absolute Gasteiger partial charge is 0.314 e. The highest BCUT2D eigenvalue weighted by Gasteiger charge is 2.01. The molecule has 0 saturated heterocycles. The summed E-state index contributed by atoms with van der Waals surface area (Å²) in [6, 6.07) is 0.707. The summed E-state index contributed by atoms with van der Waals surface area (Å²) in [4.78, 5) is 0. The van der Waals surface area contributed by atoms with Crippen LogP contribution in [0.3, 0.4) is 0 Å². The molecule has 0 heterocycles. The lowest BCUT2D eigenvalue weighted by molar-refractivity contribution is 0.496. The molecule has 0 fully saturated rings. The molecule has 0 aliphatic rings. The molecule has 0 radical (unpaired) electrons. The monoisotopic (exact) mass is 231 g/mol. The lowest BCUT2D eigenvalue weighted by atomic mass is 10.1. The predicted molar refractivity (Wildman–Crippen MR) is 73.8 cm³/mol. The number of hydrogen-bond donors (Lipinski definition) is 1. The molecule has 0 saturated carbocycles. The van der Waals surface area contributed by atoms with Crippen molar-refractivity contribution >= 4 is 11.8 Å². The Bertz CT molecular complexity index is 128. The van der Waals surface area contributed by atoms with Gasteiger partial charge in [0.05, 0.1) is 0 Å². The first-order valence-electron chi connectivity index (χ1n) is 6.55. The van der Waals surface area contributed by atoms with E-state index in [-0.39, 0.29) is 0 Å². The minimum Gasteiger partial charge on any atom is -0.314 e. The zero-order valence-corrected chi connectivity index (χ0v) is 11.8. The SMILES string of the molecule is CCCNC(C)CCCCSC(C)CC. The Morgan fingerprint density at radius 3 is 2.47 bits per heavy atom. The fourth-order valence-electron chi connectivity index (χ4n) is 1.45. The van der Waals surface area contributed by atoms with Gasteiger partial charge >= 0.3 is 0 Å². The summed E-state index contributed by atoms with van der Waals surface area (Å²) in [6.07, 6.45) is 6.64. The molecule has 0 aromatic heterocycles. The molecule has 2 unspecified atom stereocenters. The maximum Gasteiger partial charge on any atom is 0.00387 e. The quantitative estimate of drug-likeness (QED) is 0.569. The van der Waals surface area contributed by atoms with Gasteiger partial charge in [0.2, 0.25) is 0 Å². The minimum atomic E-state index is 0.707. The minimum absolute atomic E-state index is 0.707. The molecule has 15 heavy (non-hydrogen) atoms. The van der Waals surface area contributed by atoms with Crippen LogP contribution >= 0.6 is 11.8 Å². The Balaban J connectivity index is 3.16. The zero-order chi connectivity index (χ0) is 11.5. The molecule has 0 spiro atoms. The third-order valence-corrected chi connectivity index (χ3v) is 4.18. The van der Waals surface area contributed by atoms with E-state index in [1.165, 1.54) is 44.4 Å². The Labute approximate surface area is 101 Å². The second-order valence-corrected chi connectivity index (χ2v) is 5.99. The summed E-state index contributed by atoms with van der Waals surface area (Å²) >= 11 is 2.13. The number of rotatable bonds is 10. The van der Waals surface area contributed by atoms with E-state index in [1.54, 1.807) is 0 Å². The maximum atomic E-state index is 3.54. The summed E-state index contributed by atoms with van der Waals surface area (Å²) in [5, 5.41) is 4.38. The summed E-state index contributed by atoms with van der Waals surface area (Å²) in [5.41, 5.74) is 0. The molecular formula is C13H29NS. The molecular weight excluding hydrogens is 202 g/mol. The van der Waals surface area contributed by atoms with Crippen LogP contribution in [0.4, 0.5) is 0 Å². The van der Waals surface area contributed by atoms with Crippen molar-refractivity contribution in [2.24, 2.45) is 0 Å². The van der Waals surface area contributed by atoms with Crippen LogP contribution in [0.15, 0.2) is 0 Å². The number of nitrogens with one attached hydrogen (secondary N) is 1. The molecule has 0 aromatic carbocycles. The lowest BCUT2D eigenvalue weighted by Crippen LogP contribution is -2.26. The Hall–Kier alpha value is 0.310. The fourth-order valence-corrected chi connectivity index (χ4v) is 2.46. The molecule has 2 atom stereocenters. The van der Waals surface area contributed by atoms with Crippen LogP contribution in [0.5, 0.6) is 0 Å². The normalized spacial score (nSPS) is 15.2. The van der Waals surface area contributed by atoms with Crippen LogP contribution in [0.2, 0.25) is 0 Å². The highest BCUT2D eigenvalue weighted by Crippen LogP contribution is 2.16. The van der Waals surface area contributed by atoms with Crippen LogP contribution in [0.25, 0.3) is 0 Å². The Kier molecular flexibility index (Phi) is 11.0. The molecule has 0 amide bonds. The molecule has 0 aliphatic carbocycles. The van der Waals surface area contributed by atoms with Crippen LogP contribution in [0.1, 0.15) is 59.8 Å². The van der Waals surface area contributed by atoms with Gasteiger partial charge in [-0.3, -0.25) is 0 Å². The maximum absolute atomic E-state index is 3.54. The van der Waals surface area contributed by atoms with E-state index in [4.69, 9.17) is 0 Å². The first-order valence-corrected chi connectivity index (χ1v) is 7.60. The molecule has 1 nitrogen and oxygen atoms in total. The average Bonchev–Trinajstić information content (AvgIpc) is 2.25. The van der Waals surface area contributed by atoms with Gasteiger partial charge in [-0.2, -0.15) is 11.8 Å². The highest BCUT2D eigenvalue weighted by atomic mass is 32.2. The zero-order valence-electron chi connectivity index (χ0n) is 11.0. The molecule has 0 aliphatic heterocycles. The van der Waals surface area contributed by atoms with Crippen molar-refractivity contribution in [1.82, 2.24) is 5.32 Å². The number of hydrogen-bond acceptors (Lipinski definition) is 2. The number of thioether (sulfide) groups is 1. The Morgan fingerprint density at radius 2 is 1.87 bits per heavy atom. The molecule has 0 bridgehead atoms. The van der Waals surface area contributed by atoms with Crippen molar-refractivity contribution < 1.29 is 0 Å². The summed E-state index contributed by atoms with van der Waals surface area (Å²) in [7, 11) is 0. The third-order valence-electron chi connectivity index (χ3n) is 2.75. The van der Waals surface area contributed by atoms with E-state index in [1.807, 2.05) is 0 Å². The van der Waals surface area contributed by atoms with Gasteiger partial charge in [0.25, 0.3) is 0 Å². The predicted octanol–water partition coefficient (Wildman–Crippen LogP) is 4.08. The highest BCUT2D eigenvalue weighted by molar-refractivity contribution is 7.99. The van der Waals surface area contributed by atoms with Crippen molar-refractivity contribution in [3.05, 3.63) is 0 Å². The third kappa shape index (κ3) is 10.6. The van der Waals surface area contributed by atoms with Crippen molar-refractivity contribution in [3.63, 3.8) is 0 Å². The van der Waals surface area contributed by atoms with Gasteiger partial charge < -0.3 is 5.32 Å². The van der Waals surface area contributed by atoms with Gasteiger partial charge in [0.1, 0.15) is 0 Å². The first-order chi connectivity index (χ1) is 7.20. The Morgan fingerprint density at radius 1 is 1.13 bits per heavy atom. The van der Waals surface area contributed by atoms with Gasteiger partial charge in [-0.05, 0) is 44.9 Å². The van der Waals surface area contributed by atoms with Crippen LogP contribution < -0.4 is 5.32 Å². The van der Waals surface area contributed by atoms with Crippen LogP contribution in [-0.2, 0) is 0 Å². The molecule has 0 aromatic rings. The molecule has 2 heteroatoms. The van der Waals surface area contributed by atoms with E-state index >= 15 is 0 Å². The standard InChI is InChI=1S/C13H29NS/c1-5-10-14-12(3)9-7-8-11-15-13(4)6-2/h12-14H,5-11H2,1-4H3. The first kappa shape index (κ1) is 15.3. The summed E-state index contributed by atoms with van der Waals surface area (Å²) < 4.78 is 0. The van der Waals surface area contributed by atoms with E-state index in [9.17, 15) is 0 Å². The summed E-state index contributed by atoms with van der Waals surface area (Å²) in [6.45, 7) is 10.3. The van der Waals surface area contributed by atoms with Crippen LogP contribution in [0, 0.1) is 0 Å². The van der Waals surface area contributed by atoms with Crippen molar-refractivity contribution in [2.75, 3.05) is 12.3 Å². The van der Waals surface area contributed by atoms with E-state index in [2.05, 4.69) is 44.8 Å². The fraction of sp³-hybridized carbons (Fsp3) is 1.00. The molecule has 1 N–H and O–H groups in total. The van der Waals surface area contributed by atoms with E-state index < -0.39 is 0 Å². The molecule has 92 valence electrons. The topological polar surface area (TPSA) is 12.0 Å². The van der Waals surface area contributed by atoms with Gasteiger partial charge in [0, 0.05) is 11.3 Å². The smallest absolute Gasteiger partial charge is 0.00387 e. The van der Waals surface area contributed by atoms with Crippen LogP contribution in [-0.4, -0.2) is 23.6 Å². The number of unbranched alkanes of at least 4 members (excludes halogenated alkanes) is 1. The molecule has 0 rings (SSSR count). The van der Waals surface area contributed by atoms with Gasteiger partial charge in [-0.25, -0.2) is 0 Å². The summed E-state index contributed by atoms with van der Waals surface area (Å²) in [5.74, 6) is 1.34. The lowest BCUT2D eigenvalue weighted by Gasteiger charge is -2.13. The van der Waals surface area contributed by atoms with E-state index in [0.717, 1.165) is 5.25 Å². The van der Waals surface area contributed by atoms with Crippen molar-refractivity contribution in [1.29, 1.82) is 0 Å². The van der Waals surface area contributed by atoms with Crippen molar-refractivity contribution in [2.45, 2.75) is 71.1 Å². The average molecular weight is 231 g/mol. The van der Waals surface area contributed by atoms with Gasteiger partial charge in [-0.1, -0.05) is 27.2 Å². The van der Waals surface area contributed by atoms with Gasteiger partial charge in [-0.15, -0.1) is 0 Å².